The number of hydrogen-bond donors (Lipinski definition) is 4. The second-order valence-corrected chi connectivity index (χ2v) is 11.8. The maximum absolute atomic E-state index is 14.0. The average molecular weight is 595 g/mol. The fourth-order valence-corrected chi connectivity index (χ4v) is 7.21. The van der Waals surface area contributed by atoms with E-state index in [1.54, 1.807) is 41.3 Å². The highest BCUT2D eigenvalue weighted by Gasteiger charge is 2.48. The van der Waals surface area contributed by atoms with E-state index >= 15 is 0 Å². The Morgan fingerprint density at radius 1 is 1.09 bits per heavy atom. The van der Waals surface area contributed by atoms with Crippen LogP contribution in [0.4, 0.5) is 5.69 Å². The van der Waals surface area contributed by atoms with Crippen LogP contribution in [0.25, 0.3) is 10.1 Å². The molecule has 10 nitrogen and oxygen atoms in total. The van der Waals surface area contributed by atoms with Crippen molar-refractivity contribution < 1.29 is 19.1 Å². The Kier molecular flexibility index (Phi) is 7.35. The number of nitrogen functional groups attached to an aromatic ring is 1. The number of benzene rings is 3. The van der Waals surface area contributed by atoms with Gasteiger partial charge in [0.1, 0.15) is 23.5 Å². The zero-order chi connectivity index (χ0) is 30.3. The number of rotatable bonds is 6. The first-order valence-electron chi connectivity index (χ1n) is 14.0. The Morgan fingerprint density at radius 3 is 2.53 bits per heavy atom. The summed E-state index contributed by atoms with van der Waals surface area (Å²) in [6, 6.07) is 20.2. The Labute approximate surface area is 252 Å². The zero-order valence-corrected chi connectivity index (χ0v) is 24.0. The van der Waals surface area contributed by atoms with Crippen LogP contribution in [-0.4, -0.2) is 41.6 Å². The molecule has 3 atom stereocenters. The summed E-state index contributed by atoms with van der Waals surface area (Å²) in [6.45, 7) is 0.846. The van der Waals surface area contributed by atoms with Crippen LogP contribution in [0.15, 0.2) is 66.7 Å². The lowest BCUT2D eigenvalue weighted by molar-refractivity contribution is -0.131. The lowest BCUT2D eigenvalue weighted by atomic mass is 9.70. The molecule has 1 aromatic heterocycles. The van der Waals surface area contributed by atoms with Gasteiger partial charge in [-0.2, -0.15) is 5.26 Å². The van der Waals surface area contributed by atoms with Crippen LogP contribution < -0.4 is 27.3 Å². The summed E-state index contributed by atoms with van der Waals surface area (Å²) in [5.41, 5.74) is 20.3. The molecular formula is C32H30N6O4S. The van der Waals surface area contributed by atoms with Gasteiger partial charge >= 0.3 is 0 Å². The summed E-state index contributed by atoms with van der Waals surface area (Å²) in [7, 11) is 0. The molecule has 1 fully saturated rings. The van der Waals surface area contributed by atoms with E-state index < -0.39 is 23.3 Å². The number of thiophene rings is 1. The van der Waals surface area contributed by atoms with E-state index in [0.717, 1.165) is 0 Å². The smallest absolute Gasteiger partial charge is 0.262 e. The van der Waals surface area contributed by atoms with Gasteiger partial charge in [0.15, 0.2) is 5.78 Å². The molecule has 43 heavy (non-hydrogen) atoms. The molecule has 1 saturated heterocycles. The van der Waals surface area contributed by atoms with E-state index in [9.17, 15) is 14.4 Å². The van der Waals surface area contributed by atoms with Crippen LogP contribution in [0, 0.1) is 11.3 Å². The first-order chi connectivity index (χ1) is 20.7. The molecule has 1 aliphatic carbocycles. The number of para-hydroxylation sites is 1. The van der Waals surface area contributed by atoms with Gasteiger partial charge in [-0.15, -0.1) is 11.3 Å². The minimum Gasteiger partial charge on any atom is -0.457 e. The summed E-state index contributed by atoms with van der Waals surface area (Å²) in [4.78, 5) is 41.9. The molecule has 3 unspecified atom stereocenters. The second-order valence-electron chi connectivity index (χ2n) is 10.8. The SMILES string of the molecule is N#CCC(=O)N1CCCC(NC(=O)c2sc3c(N)ccc4c3c2C(N)C(=O)C4(N)c2ccc(Oc3ccccc3)cc2)C1. The van der Waals surface area contributed by atoms with E-state index in [1.165, 1.54) is 11.3 Å². The van der Waals surface area contributed by atoms with Crippen molar-refractivity contribution in [3.63, 3.8) is 0 Å². The molecule has 11 heteroatoms. The lowest BCUT2D eigenvalue weighted by Gasteiger charge is -2.36. The normalized spacial score (nSPS) is 21.3. The number of nitrogens with one attached hydrogen (secondary N) is 1. The zero-order valence-electron chi connectivity index (χ0n) is 23.2. The molecule has 4 aromatic rings. The standard InChI is InChI=1S/C32H30N6O4S/c33-15-14-24(39)38-16-4-5-19(17-38)37-31(41)29-26-25-22(12-13-23(34)28(25)43-29)32(36,30(40)27(26)35)18-8-10-21(11-9-18)42-20-6-2-1-3-7-20/h1-3,6-13,19,27H,4-5,14,16-17,34-36H2,(H,37,41). The van der Waals surface area contributed by atoms with E-state index in [4.69, 9.17) is 27.2 Å². The molecular weight excluding hydrogens is 564 g/mol. The van der Waals surface area contributed by atoms with Crippen molar-refractivity contribution in [2.24, 2.45) is 11.5 Å². The predicted molar refractivity (Wildman–Crippen MR) is 163 cm³/mol. The molecule has 0 bridgehead atoms. The Hall–Kier alpha value is -4.76. The third kappa shape index (κ3) is 4.89. The average Bonchev–Trinajstić information content (AvgIpc) is 3.43. The van der Waals surface area contributed by atoms with Gasteiger partial charge in [-0.25, -0.2) is 0 Å². The first-order valence-corrected chi connectivity index (χ1v) is 14.8. The fraction of sp³-hybridized carbons (Fsp3) is 0.250. The van der Waals surface area contributed by atoms with Crippen molar-refractivity contribution >= 4 is 44.7 Å². The van der Waals surface area contributed by atoms with Crippen LogP contribution in [0.2, 0.25) is 0 Å². The molecule has 0 saturated carbocycles. The van der Waals surface area contributed by atoms with Gasteiger partial charge in [-0.3, -0.25) is 14.4 Å². The summed E-state index contributed by atoms with van der Waals surface area (Å²) in [5.74, 6) is 0.163. The van der Waals surface area contributed by atoms with Gasteiger partial charge in [0, 0.05) is 35.8 Å². The highest BCUT2D eigenvalue weighted by Crippen LogP contribution is 2.49. The summed E-state index contributed by atoms with van der Waals surface area (Å²) in [6.07, 6.45) is 1.17. The quantitative estimate of drug-likeness (QED) is 0.244. The van der Waals surface area contributed by atoms with Crippen molar-refractivity contribution in [2.45, 2.75) is 36.9 Å². The van der Waals surface area contributed by atoms with Crippen molar-refractivity contribution in [1.29, 1.82) is 5.26 Å². The molecule has 2 amide bonds. The summed E-state index contributed by atoms with van der Waals surface area (Å²) in [5, 5.41) is 12.5. The lowest BCUT2D eigenvalue weighted by Crippen LogP contribution is -2.53. The van der Waals surface area contributed by atoms with E-state index in [-0.39, 0.29) is 18.4 Å². The summed E-state index contributed by atoms with van der Waals surface area (Å²) < 4.78 is 6.54. The van der Waals surface area contributed by atoms with Crippen LogP contribution >= 0.6 is 11.3 Å². The molecule has 218 valence electrons. The third-order valence-corrected chi connectivity index (χ3v) is 9.40. The number of nitriles is 1. The van der Waals surface area contributed by atoms with E-state index in [2.05, 4.69) is 5.32 Å². The molecule has 2 aliphatic rings. The van der Waals surface area contributed by atoms with Crippen molar-refractivity contribution in [1.82, 2.24) is 10.2 Å². The number of amides is 2. The minimum atomic E-state index is -1.58. The highest BCUT2D eigenvalue weighted by atomic mass is 32.1. The number of nitrogens with zero attached hydrogens (tertiary/aromatic N) is 2. The third-order valence-electron chi connectivity index (χ3n) is 8.15. The number of piperidine rings is 1. The number of Topliss-reactive ketones (excluding diaryl/α,β-unsaturated/α-hetero) is 1. The molecule has 7 N–H and O–H groups in total. The maximum atomic E-state index is 14.0. The van der Waals surface area contributed by atoms with Crippen molar-refractivity contribution in [3.8, 4) is 17.6 Å². The Balaban J connectivity index is 1.34. The minimum absolute atomic E-state index is 0.205. The number of hydrogen-bond acceptors (Lipinski definition) is 9. The molecule has 0 radical (unpaired) electrons. The van der Waals surface area contributed by atoms with Gasteiger partial charge in [-0.1, -0.05) is 36.4 Å². The molecule has 0 spiro atoms. The predicted octanol–water partition coefficient (Wildman–Crippen LogP) is 3.70. The highest BCUT2D eigenvalue weighted by molar-refractivity contribution is 7.21. The maximum Gasteiger partial charge on any atom is 0.262 e. The molecule has 6 rings (SSSR count). The number of carbonyl (C=O) groups excluding carboxylic acids is 3. The number of nitrogens with two attached hydrogens (primary N) is 3. The van der Waals surface area contributed by atoms with Crippen LogP contribution in [-0.2, 0) is 15.1 Å². The van der Waals surface area contributed by atoms with Gasteiger partial charge in [0.05, 0.1) is 21.7 Å². The molecule has 1 aliphatic heterocycles. The van der Waals surface area contributed by atoms with Gasteiger partial charge in [0.2, 0.25) is 5.91 Å². The Bertz CT molecular complexity index is 1780. The number of anilines is 1. The van der Waals surface area contributed by atoms with E-state index in [1.807, 2.05) is 36.4 Å². The number of likely N-dealkylation sites (tertiary alicyclic amines) is 1. The van der Waals surface area contributed by atoms with Crippen molar-refractivity contribution in [3.05, 3.63) is 88.3 Å². The van der Waals surface area contributed by atoms with Crippen LogP contribution in [0.5, 0.6) is 11.5 Å². The van der Waals surface area contributed by atoms with Gasteiger partial charge in [0.25, 0.3) is 5.91 Å². The van der Waals surface area contributed by atoms with Crippen molar-refractivity contribution in [2.75, 3.05) is 18.8 Å². The second kappa shape index (κ2) is 11.1. The number of carbonyl (C=O) groups is 3. The monoisotopic (exact) mass is 594 g/mol. The first kappa shape index (κ1) is 28.4. The Morgan fingerprint density at radius 2 is 1.81 bits per heavy atom. The largest absolute Gasteiger partial charge is 0.457 e. The fourth-order valence-electron chi connectivity index (χ4n) is 6.01. The number of ether oxygens (including phenoxy) is 1. The number of ketones is 1. The van der Waals surface area contributed by atoms with E-state index in [0.29, 0.717) is 74.8 Å². The van der Waals surface area contributed by atoms with Gasteiger partial charge in [-0.05, 0) is 54.3 Å². The van der Waals surface area contributed by atoms with Gasteiger partial charge < -0.3 is 32.2 Å². The topological polar surface area (TPSA) is 178 Å². The summed E-state index contributed by atoms with van der Waals surface area (Å²) >= 11 is 1.18. The molecule has 3 aromatic carbocycles. The molecule has 2 heterocycles. The van der Waals surface area contributed by atoms with Crippen LogP contribution in [0.3, 0.4) is 0 Å². The van der Waals surface area contributed by atoms with Crippen LogP contribution in [0.1, 0.15) is 51.7 Å².